The molecule has 4 rings (SSSR count). The molecular formula is C23H21NO2. The number of hydrogen-bond donors (Lipinski definition) is 1. The van der Waals surface area contributed by atoms with Crippen LogP contribution in [0.25, 0.3) is 0 Å². The molecule has 3 nitrogen and oxygen atoms in total. The maximum absolute atomic E-state index is 13.0. The maximum atomic E-state index is 13.0. The average Bonchev–Trinajstić information content (AvgIpc) is 2.69. The smallest absolute Gasteiger partial charge is 0.252 e. The molecule has 0 bridgehead atoms. The summed E-state index contributed by atoms with van der Waals surface area (Å²) in [6, 6.07) is 26.0. The molecule has 0 fully saturated rings. The number of benzene rings is 3. The van der Waals surface area contributed by atoms with Gasteiger partial charge in [0.2, 0.25) is 0 Å². The Labute approximate surface area is 153 Å². The molecule has 1 aliphatic heterocycles. The SMILES string of the molecule is O=C(N[C@@H]1CCOc2ccccc21)c1ccccc1Cc1ccccc1. The quantitative estimate of drug-likeness (QED) is 0.756. The summed E-state index contributed by atoms with van der Waals surface area (Å²) in [5, 5.41) is 3.20. The van der Waals surface area contributed by atoms with Crippen molar-refractivity contribution in [3.8, 4) is 5.75 Å². The van der Waals surface area contributed by atoms with Gasteiger partial charge in [-0.1, -0.05) is 66.7 Å². The highest BCUT2D eigenvalue weighted by molar-refractivity contribution is 5.96. The van der Waals surface area contributed by atoms with Gasteiger partial charge >= 0.3 is 0 Å². The van der Waals surface area contributed by atoms with Crippen molar-refractivity contribution in [2.75, 3.05) is 6.61 Å². The third-order valence-corrected chi connectivity index (χ3v) is 4.76. The fourth-order valence-electron chi connectivity index (χ4n) is 3.44. The van der Waals surface area contributed by atoms with Gasteiger partial charge in [0.1, 0.15) is 5.75 Å². The van der Waals surface area contributed by atoms with Gasteiger partial charge in [-0.3, -0.25) is 4.79 Å². The van der Waals surface area contributed by atoms with Crippen LogP contribution in [0.3, 0.4) is 0 Å². The Morgan fingerprint density at radius 1 is 0.923 bits per heavy atom. The lowest BCUT2D eigenvalue weighted by atomic mass is 9.97. The fourth-order valence-corrected chi connectivity index (χ4v) is 3.44. The fraction of sp³-hybridized carbons (Fsp3) is 0.174. The molecule has 1 atom stereocenters. The number of carbonyl (C=O) groups excluding carboxylic acids is 1. The van der Waals surface area contributed by atoms with E-state index in [1.165, 1.54) is 5.56 Å². The molecule has 0 saturated heterocycles. The molecule has 1 aliphatic rings. The van der Waals surface area contributed by atoms with Crippen molar-refractivity contribution < 1.29 is 9.53 Å². The molecule has 0 aliphatic carbocycles. The van der Waals surface area contributed by atoms with Crippen LogP contribution >= 0.6 is 0 Å². The van der Waals surface area contributed by atoms with Gasteiger partial charge in [-0.25, -0.2) is 0 Å². The standard InChI is InChI=1S/C23H21NO2/c25-23(24-21-14-15-26-22-13-7-6-12-20(21)22)19-11-5-4-10-18(19)16-17-8-2-1-3-9-17/h1-13,21H,14-16H2,(H,24,25)/t21-/m1/s1. The van der Waals surface area contributed by atoms with Gasteiger partial charge in [-0.05, 0) is 29.7 Å². The molecule has 3 aromatic carbocycles. The third-order valence-electron chi connectivity index (χ3n) is 4.76. The van der Waals surface area contributed by atoms with Crippen molar-refractivity contribution >= 4 is 5.91 Å². The van der Waals surface area contributed by atoms with Crippen LogP contribution in [0.15, 0.2) is 78.9 Å². The van der Waals surface area contributed by atoms with Crippen LogP contribution in [0.1, 0.15) is 39.5 Å². The Morgan fingerprint density at radius 2 is 1.65 bits per heavy atom. The zero-order valence-electron chi connectivity index (χ0n) is 14.5. The lowest BCUT2D eigenvalue weighted by Gasteiger charge is -2.27. The number of rotatable bonds is 4. The summed E-state index contributed by atoms with van der Waals surface area (Å²) in [4.78, 5) is 13.0. The van der Waals surface area contributed by atoms with Gasteiger partial charge in [-0.15, -0.1) is 0 Å². The maximum Gasteiger partial charge on any atom is 0.252 e. The summed E-state index contributed by atoms with van der Waals surface area (Å²) in [5.74, 6) is 0.833. The van der Waals surface area contributed by atoms with Crippen molar-refractivity contribution in [2.45, 2.75) is 18.9 Å². The van der Waals surface area contributed by atoms with Crippen LogP contribution in [-0.4, -0.2) is 12.5 Å². The summed E-state index contributed by atoms with van der Waals surface area (Å²) in [7, 11) is 0. The number of fused-ring (bicyclic) bond motifs is 1. The Morgan fingerprint density at radius 3 is 2.54 bits per heavy atom. The number of carbonyl (C=O) groups is 1. The summed E-state index contributed by atoms with van der Waals surface area (Å²) in [5.41, 5.74) is 4.02. The second-order valence-electron chi connectivity index (χ2n) is 6.52. The summed E-state index contributed by atoms with van der Waals surface area (Å²) >= 11 is 0. The van der Waals surface area contributed by atoms with Gasteiger partial charge in [0.05, 0.1) is 12.6 Å². The van der Waals surface area contributed by atoms with E-state index in [0.717, 1.165) is 35.3 Å². The molecule has 0 aromatic heterocycles. The first kappa shape index (κ1) is 16.4. The van der Waals surface area contributed by atoms with Gasteiger partial charge in [0.25, 0.3) is 5.91 Å². The van der Waals surface area contributed by atoms with Crippen LogP contribution in [0.5, 0.6) is 5.75 Å². The molecular weight excluding hydrogens is 322 g/mol. The average molecular weight is 343 g/mol. The van der Waals surface area contributed by atoms with E-state index in [1.807, 2.05) is 66.7 Å². The number of ether oxygens (including phenoxy) is 1. The number of hydrogen-bond acceptors (Lipinski definition) is 2. The van der Waals surface area contributed by atoms with E-state index in [-0.39, 0.29) is 11.9 Å². The number of amides is 1. The van der Waals surface area contributed by atoms with Gasteiger partial charge in [0.15, 0.2) is 0 Å². The summed E-state index contributed by atoms with van der Waals surface area (Å²) < 4.78 is 5.69. The third kappa shape index (κ3) is 3.47. The van der Waals surface area contributed by atoms with Crippen LogP contribution < -0.4 is 10.1 Å². The zero-order chi connectivity index (χ0) is 17.8. The number of nitrogens with one attached hydrogen (secondary N) is 1. The van der Waals surface area contributed by atoms with Crippen molar-refractivity contribution in [1.82, 2.24) is 5.32 Å². The largest absolute Gasteiger partial charge is 0.493 e. The molecule has 1 amide bonds. The molecule has 1 N–H and O–H groups in total. The van der Waals surface area contributed by atoms with E-state index in [4.69, 9.17) is 4.74 Å². The number of para-hydroxylation sites is 1. The molecule has 3 heteroatoms. The van der Waals surface area contributed by atoms with E-state index in [2.05, 4.69) is 17.4 Å². The Bertz CT molecular complexity index is 905. The first-order valence-electron chi connectivity index (χ1n) is 8.96. The Kier molecular flexibility index (Phi) is 4.69. The molecule has 3 aromatic rings. The Balaban J connectivity index is 1.56. The summed E-state index contributed by atoms with van der Waals surface area (Å²) in [6.07, 6.45) is 1.53. The van der Waals surface area contributed by atoms with Gasteiger partial charge in [-0.2, -0.15) is 0 Å². The predicted molar refractivity (Wildman–Crippen MR) is 102 cm³/mol. The van der Waals surface area contributed by atoms with E-state index in [0.29, 0.717) is 6.61 Å². The van der Waals surface area contributed by atoms with E-state index < -0.39 is 0 Å². The van der Waals surface area contributed by atoms with Crippen LogP contribution in [-0.2, 0) is 6.42 Å². The Hall–Kier alpha value is -3.07. The lowest BCUT2D eigenvalue weighted by Crippen LogP contribution is -2.32. The lowest BCUT2D eigenvalue weighted by molar-refractivity contribution is 0.0924. The highest BCUT2D eigenvalue weighted by Crippen LogP contribution is 2.31. The van der Waals surface area contributed by atoms with Crippen LogP contribution in [0.4, 0.5) is 0 Å². The molecule has 0 unspecified atom stereocenters. The highest BCUT2D eigenvalue weighted by Gasteiger charge is 2.23. The minimum Gasteiger partial charge on any atom is -0.493 e. The van der Waals surface area contributed by atoms with Crippen molar-refractivity contribution in [1.29, 1.82) is 0 Å². The molecule has 130 valence electrons. The second kappa shape index (κ2) is 7.44. The van der Waals surface area contributed by atoms with Gasteiger partial charge < -0.3 is 10.1 Å². The second-order valence-corrected chi connectivity index (χ2v) is 6.52. The zero-order valence-corrected chi connectivity index (χ0v) is 14.5. The van der Waals surface area contributed by atoms with E-state index in [9.17, 15) is 4.79 Å². The van der Waals surface area contributed by atoms with Crippen molar-refractivity contribution in [3.63, 3.8) is 0 Å². The molecule has 1 heterocycles. The van der Waals surface area contributed by atoms with Crippen LogP contribution in [0, 0.1) is 0 Å². The topological polar surface area (TPSA) is 38.3 Å². The van der Waals surface area contributed by atoms with E-state index in [1.54, 1.807) is 0 Å². The minimum absolute atomic E-state index is 0.0165. The molecule has 0 radical (unpaired) electrons. The predicted octanol–water partition coefficient (Wildman–Crippen LogP) is 4.53. The molecule has 26 heavy (non-hydrogen) atoms. The van der Waals surface area contributed by atoms with E-state index >= 15 is 0 Å². The molecule has 0 saturated carbocycles. The van der Waals surface area contributed by atoms with Gasteiger partial charge in [0, 0.05) is 17.5 Å². The summed E-state index contributed by atoms with van der Waals surface area (Å²) in [6.45, 7) is 0.619. The molecule has 0 spiro atoms. The first-order valence-corrected chi connectivity index (χ1v) is 8.96. The first-order chi connectivity index (χ1) is 12.8. The monoisotopic (exact) mass is 343 g/mol. The highest BCUT2D eigenvalue weighted by atomic mass is 16.5. The minimum atomic E-state index is -0.0294. The van der Waals surface area contributed by atoms with Crippen molar-refractivity contribution in [3.05, 3.63) is 101 Å². The normalized spacial score (nSPS) is 15.6. The van der Waals surface area contributed by atoms with Crippen LogP contribution in [0.2, 0.25) is 0 Å². The van der Waals surface area contributed by atoms with Crippen molar-refractivity contribution in [2.24, 2.45) is 0 Å².